The summed E-state index contributed by atoms with van der Waals surface area (Å²) in [7, 11) is 0. The topological polar surface area (TPSA) is 51.6 Å². The minimum absolute atomic E-state index is 0.602. The summed E-state index contributed by atoms with van der Waals surface area (Å²) in [6.45, 7) is 0. The molecule has 0 aliphatic rings. The summed E-state index contributed by atoms with van der Waals surface area (Å²) in [5, 5.41) is 21.2. The SMILES string of the molecule is Clc1ccc(Cc2nnc(Sc3nnc(Cc4ccc(Cl)cc4Cl)s3)s2)c(Cl)c1. The van der Waals surface area contributed by atoms with Crippen molar-refractivity contribution in [3.05, 3.63) is 77.6 Å². The summed E-state index contributed by atoms with van der Waals surface area (Å²) < 4.78 is 1.61. The smallest absolute Gasteiger partial charge is 0.142 e. The van der Waals surface area contributed by atoms with E-state index in [9.17, 15) is 0 Å². The lowest BCUT2D eigenvalue weighted by molar-refractivity contribution is 0.943. The Kier molecular flexibility index (Phi) is 6.96. The largest absolute Gasteiger partial charge is 0.181 e. The molecular weight excluding hydrogens is 510 g/mol. The zero-order valence-corrected chi connectivity index (χ0v) is 19.9. The molecule has 0 aliphatic heterocycles. The maximum atomic E-state index is 6.24. The molecule has 148 valence electrons. The second-order valence-corrected chi connectivity index (χ2v) is 11.2. The van der Waals surface area contributed by atoms with Gasteiger partial charge in [0.2, 0.25) is 0 Å². The van der Waals surface area contributed by atoms with Crippen molar-refractivity contribution >= 4 is 80.8 Å². The van der Waals surface area contributed by atoms with Crippen molar-refractivity contribution < 1.29 is 0 Å². The van der Waals surface area contributed by atoms with Crippen LogP contribution in [-0.4, -0.2) is 20.4 Å². The Labute approximate surface area is 199 Å². The molecule has 2 aromatic heterocycles. The predicted octanol–water partition coefficient (Wildman–Crippen LogP) is 7.34. The first-order chi connectivity index (χ1) is 14.0. The highest BCUT2D eigenvalue weighted by molar-refractivity contribution is 8.02. The predicted molar refractivity (Wildman–Crippen MR) is 122 cm³/mol. The van der Waals surface area contributed by atoms with Gasteiger partial charge < -0.3 is 0 Å². The summed E-state index contributed by atoms with van der Waals surface area (Å²) in [6, 6.07) is 10.9. The van der Waals surface area contributed by atoms with Crippen molar-refractivity contribution in [2.24, 2.45) is 0 Å². The number of benzene rings is 2. The summed E-state index contributed by atoms with van der Waals surface area (Å²) in [5.74, 6) is 0. The Morgan fingerprint density at radius 1 is 0.655 bits per heavy atom. The fourth-order valence-corrected chi connectivity index (χ4v) is 6.42. The van der Waals surface area contributed by atoms with E-state index in [0.717, 1.165) is 29.8 Å². The summed E-state index contributed by atoms with van der Waals surface area (Å²) in [5.41, 5.74) is 1.92. The molecule has 0 saturated heterocycles. The molecule has 0 saturated carbocycles. The van der Waals surface area contributed by atoms with Crippen LogP contribution < -0.4 is 0 Å². The van der Waals surface area contributed by atoms with Crippen molar-refractivity contribution in [3.8, 4) is 0 Å². The number of aromatic nitrogens is 4. The van der Waals surface area contributed by atoms with Gasteiger partial charge in [0, 0.05) is 32.9 Å². The van der Waals surface area contributed by atoms with Gasteiger partial charge in [-0.3, -0.25) is 0 Å². The van der Waals surface area contributed by atoms with Gasteiger partial charge in [-0.15, -0.1) is 20.4 Å². The zero-order chi connectivity index (χ0) is 20.4. The van der Waals surface area contributed by atoms with E-state index in [1.54, 1.807) is 12.1 Å². The van der Waals surface area contributed by atoms with E-state index >= 15 is 0 Å². The zero-order valence-electron chi connectivity index (χ0n) is 14.4. The van der Waals surface area contributed by atoms with Gasteiger partial charge in [-0.05, 0) is 47.2 Å². The molecule has 0 fully saturated rings. The second kappa shape index (κ2) is 9.47. The van der Waals surface area contributed by atoms with Crippen molar-refractivity contribution in [2.45, 2.75) is 21.5 Å². The molecular formula is C18H10Cl4N4S3. The highest BCUT2D eigenvalue weighted by Crippen LogP contribution is 2.34. The van der Waals surface area contributed by atoms with Gasteiger partial charge in [0.1, 0.15) is 10.0 Å². The quantitative estimate of drug-likeness (QED) is 0.266. The molecule has 0 bridgehead atoms. The molecule has 0 aliphatic carbocycles. The van der Waals surface area contributed by atoms with Crippen LogP contribution in [-0.2, 0) is 12.8 Å². The standard InChI is InChI=1S/C18H10Cl4N4S3/c19-11-3-1-9(13(21)7-11)5-15-23-25-17(27-15)29-18-26-24-16(28-18)6-10-2-4-12(20)8-14(10)22/h1-4,7-8H,5-6H2. The van der Waals surface area contributed by atoms with Crippen LogP contribution in [0.15, 0.2) is 45.1 Å². The highest BCUT2D eigenvalue weighted by Gasteiger charge is 2.13. The fraction of sp³-hybridized carbons (Fsp3) is 0.111. The first-order valence-electron chi connectivity index (χ1n) is 8.17. The van der Waals surface area contributed by atoms with Crippen LogP contribution in [0.2, 0.25) is 20.1 Å². The van der Waals surface area contributed by atoms with Crippen molar-refractivity contribution in [1.82, 2.24) is 20.4 Å². The third kappa shape index (κ3) is 5.61. The Hall–Kier alpha value is -0.930. The molecule has 0 radical (unpaired) electrons. The number of hydrogen-bond acceptors (Lipinski definition) is 7. The van der Waals surface area contributed by atoms with Gasteiger partial charge in [-0.1, -0.05) is 81.2 Å². The number of rotatable bonds is 6. The summed E-state index contributed by atoms with van der Waals surface area (Å²) in [4.78, 5) is 0. The fourth-order valence-electron chi connectivity index (χ4n) is 2.43. The van der Waals surface area contributed by atoms with E-state index < -0.39 is 0 Å². The van der Waals surface area contributed by atoms with E-state index in [2.05, 4.69) is 20.4 Å². The summed E-state index contributed by atoms with van der Waals surface area (Å²) >= 11 is 28.8. The molecule has 2 heterocycles. The van der Waals surface area contributed by atoms with E-state index in [1.165, 1.54) is 34.4 Å². The van der Waals surface area contributed by atoms with Crippen molar-refractivity contribution in [2.75, 3.05) is 0 Å². The number of nitrogens with zero attached hydrogens (tertiary/aromatic N) is 4. The maximum absolute atomic E-state index is 6.24. The molecule has 0 spiro atoms. The van der Waals surface area contributed by atoms with Gasteiger partial charge in [0.25, 0.3) is 0 Å². The third-order valence-electron chi connectivity index (χ3n) is 3.78. The maximum Gasteiger partial charge on any atom is 0.181 e. The minimum Gasteiger partial charge on any atom is -0.142 e. The normalized spacial score (nSPS) is 11.2. The lowest BCUT2D eigenvalue weighted by Gasteiger charge is -2.01. The van der Waals surface area contributed by atoms with E-state index in [4.69, 9.17) is 46.4 Å². The molecule has 0 amide bonds. The van der Waals surface area contributed by atoms with E-state index in [1.807, 2.05) is 24.3 Å². The molecule has 4 nitrogen and oxygen atoms in total. The van der Waals surface area contributed by atoms with Crippen LogP contribution in [0.4, 0.5) is 0 Å². The molecule has 4 rings (SSSR count). The van der Waals surface area contributed by atoms with E-state index in [-0.39, 0.29) is 0 Å². The van der Waals surface area contributed by atoms with Crippen LogP contribution in [0, 0.1) is 0 Å². The summed E-state index contributed by atoms with van der Waals surface area (Å²) in [6.07, 6.45) is 1.20. The van der Waals surface area contributed by atoms with Gasteiger partial charge in [-0.2, -0.15) is 0 Å². The second-order valence-electron chi connectivity index (χ2n) is 5.85. The molecule has 4 aromatic rings. The van der Waals surface area contributed by atoms with Gasteiger partial charge in [-0.25, -0.2) is 0 Å². The molecule has 2 aromatic carbocycles. The first kappa shape index (κ1) is 21.3. The van der Waals surface area contributed by atoms with Crippen LogP contribution in [0.5, 0.6) is 0 Å². The van der Waals surface area contributed by atoms with Crippen LogP contribution in [0.3, 0.4) is 0 Å². The average molecular weight is 520 g/mol. The number of hydrogen-bond donors (Lipinski definition) is 0. The van der Waals surface area contributed by atoms with Crippen LogP contribution in [0.1, 0.15) is 21.1 Å². The van der Waals surface area contributed by atoms with Gasteiger partial charge in [0.15, 0.2) is 8.68 Å². The average Bonchev–Trinajstić information content (AvgIpc) is 3.30. The molecule has 29 heavy (non-hydrogen) atoms. The lowest BCUT2D eigenvalue weighted by atomic mass is 10.2. The molecule has 0 unspecified atom stereocenters. The van der Waals surface area contributed by atoms with Crippen LogP contribution in [0.25, 0.3) is 0 Å². The van der Waals surface area contributed by atoms with E-state index in [0.29, 0.717) is 32.9 Å². The Morgan fingerprint density at radius 3 is 1.52 bits per heavy atom. The molecule has 0 atom stereocenters. The first-order valence-corrected chi connectivity index (χ1v) is 12.1. The number of halogens is 4. The van der Waals surface area contributed by atoms with Crippen LogP contribution >= 0.6 is 80.8 Å². The molecule has 0 N–H and O–H groups in total. The third-order valence-corrected chi connectivity index (χ3v) is 7.91. The highest BCUT2D eigenvalue weighted by atomic mass is 35.5. The Morgan fingerprint density at radius 2 is 1.10 bits per heavy atom. The van der Waals surface area contributed by atoms with Crippen molar-refractivity contribution in [3.63, 3.8) is 0 Å². The Bertz CT molecular complexity index is 1070. The monoisotopic (exact) mass is 518 g/mol. The van der Waals surface area contributed by atoms with Gasteiger partial charge >= 0.3 is 0 Å². The Balaban J connectivity index is 1.41. The lowest BCUT2D eigenvalue weighted by Crippen LogP contribution is -1.88. The van der Waals surface area contributed by atoms with Crippen molar-refractivity contribution in [1.29, 1.82) is 0 Å². The molecule has 11 heteroatoms. The minimum atomic E-state index is 0.602. The van der Waals surface area contributed by atoms with Gasteiger partial charge in [0.05, 0.1) is 0 Å².